The highest BCUT2D eigenvalue weighted by Gasteiger charge is 2.05. The van der Waals surface area contributed by atoms with Gasteiger partial charge in [0.05, 0.1) is 0 Å². The third kappa shape index (κ3) is 3.78. The number of benzene rings is 2. The first-order valence-corrected chi connectivity index (χ1v) is 5.97. The van der Waals surface area contributed by atoms with E-state index in [0.717, 1.165) is 10.3 Å². The number of hydrogen-bond donors (Lipinski definition) is 0. The van der Waals surface area contributed by atoms with Crippen LogP contribution in [-0.4, -0.2) is 17.6 Å². The third-order valence-corrected chi connectivity index (χ3v) is 2.66. The predicted molar refractivity (Wildman–Crippen MR) is 72.7 cm³/mol. The van der Waals surface area contributed by atoms with Crippen LogP contribution < -0.4 is 4.74 Å². The van der Waals surface area contributed by atoms with Gasteiger partial charge >= 0.3 is 6.61 Å². The molecule has 0 aromatic heterocycles. The van der Waals surface area contributed by atoms with Crippen molar-refractivity contribution < 1.29 is 18.3 Å². The van der Waals surface area contributed by atoms with E-state index in [9.17, 15) is 14.0 Å². The maximum absolute atomic E-state index is 12.0. The Kier molecular flexibility index (Phi) is 4.30. The van der Waals surface area contributed by atoms with Crippen LogP contribution in [0.25, 0.3) is 0 Å². The Hall–Kier alpha value is -2.43. The van der Waals surface area contributed by atoms with Gasteiger partial charge in [-0.1, -0.05) is 17.7 Å². The second-order valence-electron chi connectivity index (χ2n) is 4.24. The van der Waals surface area contributed by atoms with Crippen molar-refractivity contribution in [1.82, 2.24) is 0 Å². The van der Waals surface area contributed by atoms with Gasteiger partial charge < -0.3 is 9.94 Å². The number of halogens is 2. The van der Waals surface area contributed by atoms with Crippen LogP contribution in [0.5, 0.6) is 5.75 Å². The zero-order valence-corrected chi connectivity index (χ0v) is 10.8. The number of aryl methyl sites for hydroxylation is 1. The van der Waals surface area contributed by atoms with E-state index in [2.05, 4.69) is 4.74 Å². The van der Waals surface area contributed by atoms with Gasteiger partial charge in [0.2, 0.25) is 5.69 Å². The van der Waals surface area contributed by atoms with Crippen molar-refractivity contribution in [3.63, 3.8) is 0 Å². The van der Waals surface area contributed by atoms with E-state index in [0.29, 0.717) is 11.3 Å². The van der Waals surface area contributed by atoms with Gasteiger partial charge in [0, 0.05) is 17.7 Å². The number of hydrogen-bond acceptors (Lipinski definition) is 2. The Labute approximate surface area is 115 Å². The van der Waals surface area contributed by atoms with E-state index in [4.69, 9.17) is 0 Å². The minimum atomic E-state index is -2.85. The highest BCUT2D eigenvalue weighted by Crippen LogP contribution is 2.15. The van der Waals surface area contributed by atoms with Gasteiger partial charge in [-0.05, 0) is 31.2 Å². The fourth-order valence-corrected chi connectivity index (χ4v) is 1.64. The summed E-state index contributed by atoms with van der Waals surface area (Å²) in [5.74, 6) is 0.0601. The first kappa shape index (κ1) is 14.0. The van der Waals surface area contributed by atoms with E-state index in [-0.39, 0.29) is 5.75 Å². The number of nitrogens with zero attached hydrogens (tertiary/aromatic N) is 1. The fraction of sp³-hybridized carbons (Fsp3) is 0.133. The molecule has 0 aliphatic carbocycles. The molecule has 0 spiro atoms. The molecule has 5 heteroatoms. The Morgan fingerprint density at radius 3 is 2.20 bits per heavy atom. The number of ether oxygens (including phenoxy) is 1. The summed E-state index contributed by atoms with van der Waals surface area (Å²) in [6, 6.07) is 13.0. The van der Waals surface area contributed by atoms with Crippen LogP contribution in [0.2, 0.25) is 0 Å². The second-order valence-corrected chi connectivity index (χ2v) is 4.24. The Balaban J connectivity index is 2.15. The molecule has 0 N–H and O–H groups in total. The highest BCUT2D eigenvalue weighted by atomic mass is 19.3. The lowest BCUT2D eigenvalue weighted by Gasteiger charge is -2.05. The lowest BCUT2D eigenvalue weighted by Crippen LogP contribution is -2.02. The zero-order chi connectivity index (χ0) is 14.5. The summed E-state index contributed by atoms with van der Waals surface area (Å²) in [5.41, 5.74) is 2.17. The number of alkyl halides is 2. The molecule has 2 rings (SSSR count). The SMILES string of the molecule is Cc1ccc([N+]([O-])=Cc2ccc(OC(F)F)cc2)cc1. The van der Waals surface area contributed by atoms with Crippen LogP contribution in [0, 0.1) is 12.1 Å². The molecule has 0 aliphatic rings. The molecule has 2 aromatic rings. The molecule has 0 atom stereocenters. The average molecular weight is 277 g/mol. The smallest absolute Gasteiger partial charge is 0.387 e. The third-order valence-electron chi connectivity index (χ3n) is 2.66. The van der Waals surface area contributed by atoms with E-state index >= 15 is 0 Å². The first-order valence-electron chi connectivity index (χ1n) is 5.97. The molecule has 0 unspecified atom stereocenters. The minimum absolute atomic E-state index is 0.0601. The van der Waals surface area contributed by atoms with Crippen LogP contribution in [0.3, 0.4) is 0 Å². The van der Waals surface area contributed by atoms with Crippen LogP contribution in [0.15, 0.2) is 48.5 Å². The lowest BCUT2D eigenvalue weighted by atomic mass is 10.2. The van der Waals surface area contributed by atoms with Crippen molar-refractivity contribution >= 4 is 11.9 Å². The molecule has 20 heavy (non-hydrogen) atoms. The average Bonchev–Trinajstić information content (AvgIpc) is 2.41. The van der Waals surface area contributed by atoms with Crippen LogP contribution in [-0.2, 0) is 0 Å². The predicted octanol–water partition coefficient (Wildman–Crippen LogP) is 3.86. The topological polar surface area (TPSA) is 35.3 Å². The Morgan fingerprint density at radius 1 is 1.05 bits per heavy atom. The van der Waals surface area contributed by atoms with Gasteiger partial charge in [0.25, 0.3) is 0 Å². The van der Waals surface area contributed by atoms with E-state index in [1.54, 1.807) is 12.1 Å². The summed E-state index contributed by atoms with van der Waals surface area (Å²) in [4.78, 5) is 0. The molecule has 0 aliphatic heterocycles. The molecule has 2 aromatic carbocycles. The second kappa shape index (κ2) is 6.14. The van der Waals surface area contributed by atoms with E-state index in [1.165, 1.54) is 30.5 Å². The summed E-state index contributed by atoms with van der Waals surface area (Å²) < 4.78 is 29.0. The summed E-state index contributed by atoms with van der Waals surface area (Å²) >= 11 is 0. The molecular formula is C15H13F2NO2. The summed E-state index contributed by atoms with van der Waals surface area (Å²) in [5, 5.41) is 11.9. The molecule has 0 radical (unpaired) electrons. The van der Waals surface area contributed by atoms with Gasteiger partial charge in [-0.15, -0.1) is 0 Å². The molecule has 0 heterocycles. The van der Waals surface area contributed by atoms with Gasteiger partial charge in [-0.25, -0.2) is 0 Å². The van der Waals surface area contributed by atoms with Crippen molar-refractivity contribution in [2.45, 2.75) is 13.5 Å². The Bertz CT molecular complexity index is 592. The van der Waals surface area contributed by atoms with Crippen molar-refractivity contribution in [2.24, 2.45) is 0 Å². The van der Waals surface area contributed by atoms with Gasteiger partial charge in [-0.3, -0.25) is 0 Å². The van der Waals surface area contributed by atoms with E-state index in [1.807, 2.05) is 19.1 Å². The van der Waals surface area contributed by atoms with Crippen molar-refractivity contribution in [3.8, 4) is 5.75 Å². The van der Waals surface area contributed by atoms with E-state index < -0.39 is 6.61 Å². The number of rotatable bonds is 4. The monoisotopic (exact) mass is 277 g/mol. The van der Waals surface area contributed by atoms with Gasteiger partial charge in [-0.2, -0.15) is 13.5 Å². The molecule has 0 bridgehead atoms. The first-order chi connectivity index (χ1) is 9.54. The normalized spacial score (nSPS) is 11.7. The van der Waals surface area contributed by atoms with Gasteiger partial charge in [0.1, 0.15) is 5.75 Å². The standard InChI is InChI=1S/C15H13F2NO2/c1-11-2-6-13(7-3-11)18(19)10-12-4-8-14(9-5-12)20-15(16)17/h2-10,15H,1H3. The highest BCUT2D eigenvalue weighted by molar-refractivity contribution is 5.76. The zero-order valence-electron chi connectivity index (χ0n) is 10.8. The largest absolute Gasteiger partial charge is 0.618 e. The van der Waals surface area contributed by atoms with Crippen LogP contribution in [0.1, 0.15) is 11.1 Å². The molecule has 0 fully saturated rings. The lowest BCUT2D eigenvalue weighted by molar-refractivity contribution is -0.354. The van der Waals surface area contributed by atoms with Crippen LogP contribution >= 0.6 is 0 Å². The molecule has 0 amide bonds. The Morgan fingerprint density at radius 2 is 1.65 bits per heavy atom. The summed E-state index contributed by atoms with van der Waals surface area (Å²) in [7, 11) is 0. The fourth-order valence-electron chi connectivity index (χ4n) is 1.64. The van der Waals surface area contributed by atoms with Crippen molar-refractivity contribution in [3.05, 3.63) is 64.9 Å². The molecule has 0 saturated carbocycles. The van der Waals surface area contributed by atoms with Crippen molar-refractivity contribution in [2.75, 3.05) is 0 Å². The summed E-state index contributed by atoms with van der Waals surface area (Å²) in [6.07, 6.45) is 1.37. The van der Waals surface area contributed by atoms with Crippen molar-refractivity contribution in [1.29, 1.82) is 0 Å². The molecule has 0 saturated heterocycles. The minimum Gasteiger partial charge on any atom is -0.618 e. The molecule has 3 nitrogen and oxygen atoms in total. The molecular weight excluding hydrogens is 264 g/mol. The quantitative estimate of drug-likeness (QED) is 0.368. The maximum atomic E-state index is 12.0. The van der Waals surface area contributed by atoms with Gasteiger partial charge in [0.15, 0.2) is 6.21 Å². The maximum Gasteiger partial charge on any atom is 0.387 e. The van der Waals surface area contributed by atoms with Crippen LogP contribution in [0.4, 0.5) is 14.5 Å². The molecule has 104 valence electrons. The summed E-state index contributed by atoms with van der Waals surface area (Å²) in [6.45, 7) is -0.918.